The average Bonchev–Trinajstić information content (AvgIpc) is 2.54. The van der Waals surface area contributed by atoms with E-state index in [-0.39, 0.29) is 24.8 Å². The Morgan fingerprint density at radius 1 is 1.00 bits per heavy atom. The number of rotatable bonds is 7. The Morgan fingerprint density at radius 3 is 2.22 bits per heavy atom. The van der Waals surface area contributed by atoms with Gasteiger partial charge in [0.15, 0.2) is 0 Å². The van der Waals surface area contributed by atoms with E-state index in [4.69, 9.17) is 5.11 Å². The summed E-state index contributed by atoms with van der Waals surface area (Å²) in [4.78, 5) is 22.7. The van der Waals surface area contributed by atoms with Gasteiger partial charge in [-0.15, -0.1) is 0 Å². The minimum atomic E-state index is -0.913. The molecule has 2 rings (SSSR count). The topological polar surface area (TPSA) is 66.4 Å². The van der Waals surface area contributed by atoms with E-state index in [2.05, 4.69) is 5.32 Å². The molecule has 0 unspecified atom stereocenters. The summed E-state index contributed by atoms with van der Waals surface area (Å²) in [6.07, 6.45) is 0.235. The van der Waals surface area contributed by atoms with Crippen LogP contribution in [0.15, 0.2) is 54.6 Å². The first-order chi connectivity index (χ1) is 11.1. The average molecular weight is 311 g/mol. The van der Waals surface area contributed by atoms with Gasteiger partial charge in [-0.2, -0.15) is 0 Å². The van der Waals surface area contributed by atoms with E-state index in [1.54, 1.807) is 0 Å². The van der Waals surface area contributed by atoms with Crippen LogP contribution in [0.4, 0.5) is 0 Å². The molecule has 2 N–H and O–H groups in total. The molecule has 0 aliphatic carbocycles. The number of hydrogen-bond acceptors (Lipinski definition) is 2. The molecule has 0 heterocycles. The van der Waals surface area contributed by atoms with Crippen molar-refractivity contribution in [3.8, 4) is 0 Å². The van der Waals surface area contributed by atoms with Gasteiger partial charge in [-0.05, 0) is 18.1 Å². The Kier molecular flexibility index (Phi) is 5.92. The van der Waals surface area contributed by atoms with Crippen LogP contribution in [0.5, 0.6) is 0 Å². The molecule has 120 valence electrons. The molecule has 4 heteroatoms. The van der Waals surface area contributed by atoms with Crippen molar-refractivity contribution in [1.82, 2.24) is 5.32 Å². The molecule has 0 aromatic heterocycles. The Bertz CT molecular complexity index is 650. The van der Waals surface area contributed by atoms with Gasteiger partial charge in [0.05, 0.1) is 6.42 Å². The smallest absolute Gasteiger partial charge is 0.305 e. The Balaban J connectivity index is 2.13. The summed E-state index contributed by atoms with van der Waals surface area (Å²) in [5.74, 6) is -1.09. The summed E-state index contributed by atoms with van der Waals surface area (Å²) < 4.78 is 0. The summed E-state index contributed by atoms with van der Waals surface area (Å²) in [5.41, 5.74) is 3.33. The first kappa shape index (κ1) is 16.7. The Morgan fingerprint density at radius 2 is 1.61 bits per heavy atom. The molecule has 0 saturated carbocycles. The van der Waals surface area contributed by atoms with E-state index in [9.17, 15) is 9.59 Å². The number of amides is 1. The molecule has 2 aromatic carbocycles. The van der Waals surface area contributed by atoms with Gasteiger partial charge >= 0.3 is 5.97 Å². The summed E-state index contributed by atoms with van der Waals surface area (Å²) in [6.45, 7) is 2.18. The van der Waals surface area contributed by atoms with Gasteiger partial charge in [-0.1, -0.05) is 60.2 Å². The van der Waals surface area contributed by atoms with Crippen molar-refractivity contribution in [3.63, 3.8) is 0 Å². The highest BCUT2D eigenvalue weighted by Gasteiger charge is 2.18. The van der Waals surface area contributed by atoms with E-state index in [1.165, 1.54) is 5.56 Å². The first-order valence-corrected chi connectivity index (χ1v) is 7.66. The van der Waals surface area contributed by atoms with Crippen LogP contribution >= 0.6 is 0 Å². The van der Waals surface area contributed by atoms with Crippen LogP contribution in [0.3, 0.4) is 0 Å². The van der Waals surface area contributed by atoms with Gasteiger partial charge in [-0.25, -0.2) is 0 Å². The van der Waals surface area contributed by atoms with Crippen LogP contribution in [-0.2, 0) is 9.59 Å². The molecule has 2 aromatic rings. The molecule has 0 spiro atoms. The zero-order valence-corrected chi connectivity index (χ0v) is 13.2. The van der Waals surface area contributed by atoms with Gasteiger partial charge in [0.25, 0.3) is 0 Å². The molecule has 0 aliphatic rings. The van der Waals surface area contributed by atoms with Crippen LogP contribution in [0.1, 0.15) is 35.4 Å². The molecule has 4 nitrogen and oxygen atoms in total. The highest BCUT2D eigenvalue weighted by molar-refractivity contribution is 5.78. The largest absolute Gasteiger partial charge is 0.481 e. The molecule has 23 heavy (non-hydrogen) atoms. The van der Waals surface area contributed by atoms with Gasteiger partial charge < -0.3 is 10.4 Å². The van der Waals surface area contributed by atoms with E-state index in [0.717, 1.165) is 11.1 Å². The Labute approximate surface area is 136 Å². The maximum Gasteiger partial charge on any atom is 0.305 e. The third kappa shape index (κ3) is 5.25. The van der Waals surface area contributed by atoms with Crippen molar-refractivity contribution in [2.75, 3.05) is 6.54 Å². The lowest BCUT2D eigenvalue weighted by atomic mass is 9.88. The zero-order valence-electron chi connectivity index (χ0n) is 13.2. The van der Waals surface area contributed by atoms with Gasteiger partial charge in [0.1, 0.15) is 0 Å². The minimum absolute atomic E-state index is 0.0402. The molecular weight excluding hydrogens is 290 g/mol. The van der Waals surface area contributed by atoms with Crippen LogP contribution in [0, 0.1) is 6.92 Å². The summed E-state index contributed by atoms with van der Waals surface area (Å²) in [6, 6.07) is 18.0. The van der Waals surface area contributed by atoms with Crippen molar-refractivity contribution in [2.45, 2.75) is 25.7 Å². The third-order valence-electron chi connectivity index (χ3n) is 3.73. The molecule has 1 atom stereocenters. The number of carboxylic acids is 1. The second-order valence-corrected chi connectivity index (χ2v) is 5.57. The fourth-order valence-corrected chi connectivity index (χ4v) is 2.48. The van der Waals surface area contributed by atoms with E-state index < -0.39 is 5.97 Å². The minimum Gasteiger partial charge on any atom is -0.481 e. The SMILES string of the molecule is Cc1ccc([C@@H](CC(=O)NCCC(=O)O)c2ccccc2)cc1. The number of carboxylic acid groups (broad SMARTS) is 1. The van der Waals surface area contributed by atoms with Crippen molar-refractivity contribution in [2.24, 2.45) is 0 Å². The molecule has 1 amide bonds. The summed E-state index contributed by atoms with van der Waals surface area (Å²) >= 11 is 0. The van der Waals surface area contributed by atoms with Crippen LogP contribution in [0.2, 0.25) is 0 Å². The fourth-order valence-electron chi connectivity index (χ4n) is 2.48. The molecular formula is C19H21NO3. The van der Waals surface area contributed by atoms with Crippen molar-refractivity contribution < 1.29 is 14.7 Å². The lowest BCUT2D eigenvalue weighted by molar-refractivity contribution is -0.136. The molecule has 0 fully saturated rings. The second kappa shape index (κ2) is 8.13. The quantitative estimate of drug-likeness (QED) is 0.825. The van der Waals surface area contributed by atoms with Gasteiger partial charge in [0.2, 0.25) is 5.91 Å². The van der Waals surface area contributed by atoms with Gasteiger partial charge in [0, 0.05) is 18.9 Å². The fraction of sp³-hybridized carbons (Fsp3) is 0.263. The number of benzene rings is 2. The van der Waals surface area contributed by atoms with E-state index >= 15 is 0 Å². The number of aliphatic carboxylic acids is 1. The highest BCUT2D eigenvalue weighted by Crippen LogP contribution is 2.28. The van der Waals surface area contributed by atoms with Crippen molar-refractivity contribution in [3.05, 3.63) is 71.3 Å². The van der Waals surface area contributed by atoms with Crippen LogP contribution in [0.25, 0.3) is 0 Å². The van der Waals surface area contributed by atoms with Crippen molar-refractivity contribution >= 4 is 11.9 Å². The van der Waals surface area contributed by atoms with Crippen LogP contribution < -0.4 is 5.32 Å². The monoisotopic (exact) mass is 311 g/mol. The number of carbonyl (C=O) groups is 2. The predicted octanol–water partition coefficient (Wildman–Crippen LogP) is 3.11. The van der Waals surface area contributed by atoms with E-state index in [0.29, 0.717) is 6.42 Å². The first-order valence-electron chi connectivity index (χ1n) is 7.66. The van der Waals surface area contributed by atoms with Crippen LogP contribution in [-0.4, -0.2) is 23.5 Å². The van der Waals surface area contributed by atoms with Gasteiger partial charge in [-0.3, -0.25) is 9.59 Å². The number of carbonyl (C=O) groups excluding carboxylic acids is 1. The Hall–Kier alpha value is -2.62. The second-order valence-electron chi connectivity index (χ2n) is 5.57. The lowest BCUT2D eigenvalue weighted by Crippen LogP contribution is -2.27. The maximum atomic E-state index is 12.1. The van der Waals surface area contributed by atoms with E-state index in [1.807, 2.05) is 61.5 Å². The molecule has 0 saturated heterocycles. The maximum absolute atomic E-state index is 12.1. The molecule has 0 bridgehead atoms. The molecule has 0 aliphatic heterocycles. The summed E-state index contributed by atoms with van der Waals surface area (Å²) in [5, 5.41) is 11.3. The van der Waals surface area contributed by atoms with Crippen molar-refractivity contribution in [1.29, 1.82) is 0 Å². The standard InChI is InChI=1S/C19H21NO3/c1-14-7-9-16(10-8-14)17(15-5-3-2-4-6-15)13-18(21)20-12-11-19(22)23/h2-10,17H,11-13H2,1H3,(H,20,21)(H,22,23)/t17-/m0/s1. The molecule has 0 radical (unpaired) electrons. The highest BCUT2D eigenvalue weighted by atomic mass is 16.4. The normalized spacial score (nSPS) is 11.7. The zero-order chi connectivity index (χ0) is 16.7. The summed E-state index contributed by atoms with van der Waals surface area (Å²) in [7, 11) is 0. The number of nitrogens with one attached hydrogen (secondary N) is 1. The number of aryl methyl sites for hydroxylation is 1. The number of hydrogen-bond donors (Lipinski definition) is 2. The lowest BCUT2D eigenvalue weighted by Gasteiger charge is -2.18. The third-order valence-corrected chi connectivity index (χ3v) is 3.73. The predicted molar refractivity (Wildman–Crippen MR) is 89.3 cm³/mol.